The van der Waals surface area contributed by atoms with Crippen molar-refractivity contribution < 1.29 is 33.6 Å². The Morgan fingerprint density at radius 3 is 2.20 bits per heavy atom. The molecule has 0 aromatic heterocycles. The summed E-state index contributed by atoms with van der Waals surface area (Å²) in [5.41, 5.74) is -0.686. The van der Waals surface area contributed by atoms with E-state index in [-0.39, 0.29) is 72.1 Å². The van der Waals surface area contributed by atoms with Gasteiger partial charge < -0.3 is 15.5 Å². The third-order valence-electron chi connectivity index (χ3n) is 12.2. The fraction of sp³-hybridized carbons (Fsp3) is 0.821. The lowest BCUT2D eigenvalue weighted by molar-refractivity contribution is -0.146. The van der Waals surface area contributed by atoms with E-state index >= 15 is 0 Å². The summed E-state index contributed by atoms with van der Waals surface area (Å²) in [5, 5.41) is 5.85. The predicted molar refractivity (Wildman–Crippen MR) is 184 cm³/mol. The number of carbonyl (C=O) groups excluding carboxylic acids is 7. The Labute approximate surface area is 292 Å². The molecule has 2 N–H and O–H groups in total. The van der Waals surface area contributed by atoms with Crippen molar-refractivity contribution in [1.29, 1.82) is 0 Å². The van der Waals surface area contributed by atoms with E-state index in [1.54, 1.807) is 4.90 Å². The molecular weight excluding hydrogens is 622 g/mol. The summed E-state index contributed by atoms with van der Waals surface area (Å²) in [6.07, 6.45) is 11.5. The van der Waals surface area contributed by atoms with E-state index in [0.29, 0.717) is 38.1 Å². The number of hydrogen-bond acceptors (Lipinski definition) is 7. The van der Waals surface area contributed by atoms with Crippen molar-refractivity contribution in [2.24, 2.45) is 40.9 Å². The summed E-state index contributed by atoms with van der Waals surface area (Å²) in [4.78, 5) is 96.0. The predicted octanol–water partition coefficient (Wildman–Crippen LogP) is 4.89. The first kappa shape index (κ1) is 37.3. The third-order valence-corrected chi connectivity index (χ3v) is 12.2. The summed E-state index contributed by atoms with van der Waals surface area (Å²) >= 11 is 0. The standard InChI is InChI=1S/C39H59N3O7/c1-5-10-25(35(47)32(45)19-23-15-16-23)20-31(44)34-27-14-9-13-26(27)22-42(34)38(49)36(39(2,3)4)41-37(48)28(24-11-7-6-8-12-24)21-30(43)29-17-18-33(46)40-29/h23-29,34,36H,5-22H2,1-4H3,(H,40,46)(H,41,48)/t25-,26+,27+,28+,29+,34+,36-/m1/s1. The van der Waals surface area contributed by atoms with E-state index in [9.17, 15) is 33.6 Å². The summed E-state index contributed by atoms with van der Waals surface area (Å²) in [6.45, 7) is 8.09. The first-order valence-corrected chi connectivity index (χ1v) is 19.3. The van der Waals surface area contributed by atoms with Gasteiger partial charge in [0, 0.05) is 44.1 Å². The molecule has 0 bridgehead atoms. The van der Waals surface area contributed by atoms with Crippen LogP contribution in [-0.4, -0.2) is 70.4 Å². The highest BCUT2D eigenvalue weighted by atomic mass is 16.2. The van der Waals surface area contributed by atoms with Gasteiger partial charge in [0.05, 0.1) is 12.1 Å². The lowest BCUT2D eigenvalue weighted by Crippen LogP contribution is -2.58. The number of fused-ring (bicyclic) bond motifs is 1. The van der Waals surface area contributed by atoms with Crippen molar-refractivity contribution in [1.82, 2.24) is 15.5 Å². The smallest absolute Gasteiger partial charge is 0.246 e. The number of rotatable bonds is 16. The largest absolute Gasteiger partial charge is 0.346 e. The van der Waals surface area contributed by atoms with Crippen molar-refractivity contribution in [3.05, 3.63) is 0 Å². The van der Waals surface area contributed by atoms with Gasteiger partial charge in [0.2, 0.25) is 23.5 Å². The minimum Gasteiger partial charge on any atom is -0.346 e. The molecule has 2 saturated heterocycles. The van der Waals surface area contributed by atoms with E-state index in [1.807, 2.05) is 27.7 Å². The lowest BCUT2D eigenvalue weighted by atomic mass is 9.76. The van der Waals surface area contributed by atoms with E-state index in [4.69, 9.17) is 0 Å². The van der Waals surface area contributed by atoms with E-state index in [2.05, 4.69) is 10.6 Å². The molecule has 2 heterocycles. The monoisotopic (exact) mass is 681 g/mol. The second-order valence-electron chi connectivity index (χ2n) is 17.0. The molecule has 3 aliphatic carbocycles. The molecular formula is C39H59N3O7. The fourth-order valence-electron chi connectivity index (χ4n) is 9.18. The van der Waals surface area contributed by atoms with Gasteiger partial charge in [-0.25, -0.2) is 0 Å². The Morgan fingerprint density at radius 1 is 0.878 bits per heavy atom. The molecule has 0 radical (unpaired) electrons. The zero-order valence-electron chi connectivity index (χ0n) is 30.2. The molecule has 49 heavy (non-hydrogen) atoms. The molecule has 0 spiro atoms. The van der Waals surface area contributed by atoms with Gasteiger partial charge in [0.15, 0.2) is 17.3 Å². The average Bonchev–Trinajstić information content (AvgIpc) is 3.40. The van der Waals surface area contributed by atoms with Gasteiger partial charge in [-0.2, -0.15) is 0 Å². The number of likely N-dealkylation sites (tertiary alicyclic amines) is 1. The Hall–Kier alpha value is -2.91. The summed E-state index contributed by atoms with van der Waals surface area (Å²) in [5.74, 6) is -2.65. The maximum Gasteiger partial charge on any atom is 0.246 e. The number of nitrogens with one attached hydrogen (secondary N) is 2. The first-order valence-electron chi connectivity index (χ1n) is 19.3. The number of hydrogen-bond donors (Lipinski definition) is 2. The molecule has 272 valence electrons. The molecule has 5 aliphatic rings. The summed E-state index contributed by atoms with van der Waals surface area (Å²) < 4.78 is 0. The lowest BCUT2D eigenvalue weighted by Gasteiger charge is -2.38. The van der Waals surface area contributed by atoms with E-state index in [0.717, 1.165) is 64.2 Å². The minimum absolute atomic E-state index is 0.00143. The van der Waals surface area contributed by atoms with Crippen LogP contribution in [0.1, 0.15) is 137 Å². The van der Waals surface area contributed by atoms with Crippen LogP contribution in [0.15, 0.2) is 0 Å². The van der Waals surface area contributed by atoms with Gasteiger partial charge in [-0.3, -0.25) is 33.6 Å². The summed E-state index contributed by atoms with van der Waals surface area (Å²) in [6, 6.07) is -2.18. The highest BCUT2D eigenvalue weighted by molar-refractivity contribution is 6.38. The van der Waals surface area contributed by atoms with Crippen LogP contribution in [0.25, 0.3) is 0 Å². The van der Waals surface area contributed by atoms with Crippen LogP contribution in [0, 0.1) is 40.9 Å². The van der Waals surface area contributed by atoms with Crippen molar-refractivity contribution in [3.8, 4) is 0 Å². The molecule has 3 saturated carbocycles. The van der Waals surface area contributed by atoms with Crippen LogP contribution in [-0.2, 0) is 33.6 Å². The van der Waals surface area contributed by atoms with E-state index < -0.39 is 41.2 Å². The van der Waals surface area contributed by atoms with Gasteiger partial charge in [-0.05, 0) is 80.5 Å². The molecule has 7 atom stereocenters. The van der Waals surface area contributed by atoms with Crippen LogP contribution in [0.5, 0.6) is 0 Å². The first-order chi connectivity index (χ1) is 23.3. The average molecular weight is 682 g/mol. The number of carbonyl (C=O) groups is 7. The molecule has 0 aromatic carbocycles. The number of nitrogens with zero attached hydrogens (tertiary/aromatic N) is 1. The topological polar surface area (TPSA) is 147 Å². The molecule has 10 nitrogen and oxygen atoms in total. The Kier molecular flexibility index (Phi) is 12.2. The van der Waals surface area contributed by atoms with Crippen molar-refractivity contribution in [2.45, 2.75) is 155 Å². The zero-order chi connectivity index (χ0) is 35.5. The van der Waals surface area contributed by atoms with E-state index in [1.165, 1.54) is 0 Å². The zero-order valence-corrected chi connectivity index (χ0v) is 30.2. The highest BCUT2D eigenvalue weighted by Gasteiger charge is 2.52. The Morgan fingerprint density at radius 2 is 1.59 bits per heavy atom. The molecule has 3 amide bonds. The van der Waals surface area contributed by atoms with Crippen LogP contribution in [0.4, 0.5) is 0 Å². The van der Waals surface area contributed by atoms with Crippen molar-refractivity contribution >= 4 is 40.9 Å². The number of amides is 3. The van der Waals surface area contributed by atoms with Crippen LogP contribution >= 0.6 is 0 Å². The third kappa shape index (κ3) is 9.07. The normalized spacial score (nSPS) is 27.6. The van der Waals surface area contributed by atoms with Gasteiger partial charge in [0.25, 0.3) is 0 Å². The van der Waals surface area contributed by atoms with Crippen molar-refractivity contribution in [2.75, 3.05) is 6.54 Å². The minimum atomic E-state index is -0.922. The maximum atomic E-state index is 14.6. The number of Topliss-reactive ketones (excluding diaryl/α,β-unsaturated/α-hetero) is 4. The second-order valence-corrected chi connectivity index (χ2v) is 17.0. The Bertz CT molecular complexity index is 1290. The molecule has 5 fully saturated rings. The Balaban J connectivity index is 1.34. The van der Waals surface area contributed by atoms with Gasteiger partial charge in [-0.15, -0.1) is 0 Å². The SMILES string of the molecule is CCC[C@H](CC(=O)[C@@H]1[C@H]2CCC[C@H]2CN1C(=O)[C@@H](NC(=O)[C@@H](CC(=O)[C@@H]1CCC(=O)N1)C1CCCCC1)C(C)(C)C)C(=O)C(=O)CC1CC1. The van der Waals surface area contributed by atoms with Gasteiger partial charge in [0.1, 0.15) is 6.04 Å². The fourth-order valence-corrected chi connectivity index (χ4v) is 9.18. The summed E-state index contributed by atoms with van der Waals surface area (Å²) in [7, 11) is 0. The van der Waals surface area contributed by atoms with Gasteiger partial charge >= 0.3 is 0 Å². The molecule has 0 aromatic rings. The highest BCUT2D eigenvalue weighted by Crippen LogP contribution is 2.44. The maximum absolute atomic E-state index is 14.6. The van der Waals surface area contributed by atoms with Crippen LogP contribution in [0.2, 0.25) is 0 Å². The molecule has 0 unspecified atom stereocenters. The van der Waals surface area contributed by atoms with Gasteiger partial charge in [-0.1, -0.05) is 59.8 Å². The second kappa shape index (κ2) is 16.0. The van der Waals surface area contributed by atoms with Crippen LogP contribution < -0.4 is 10.6 Å². The van der Waals surface area contributed by atoms with Crippen molar-refractivity contribution in [3.63, 3.8) is 0 Å². The quantitative estimate of drug-likeness (QED) is 0.221. The molecule has 5 rings (SSSR count). The van der Waals surface area contributed by atoms with Crippen LogP contribution in [0.3, 0.4) is 0 Å². The molecule has 10 heteroatoms. The molecule has 2 aliphatic heterocycles. The number of ketones is 4.